The molecule has 2 unspecified atom stereocenters. The van der Waals surface area contributed by atoms with Gasteiger partial charge in [-0.1, -0.05) is 24.3 Å². The maximum Gasteiger partial charge on any atom is 0.115 e. The molecule has 2 aromatic rings. The molecule has 0 heterocycles. The highest BCUT2D eigenvalue weighted by Crippen LogP contribution is 2.55. The van der Waals surface area contributed by atoms with Gasteiger partial charge in [0.2, 0.25) is 0 Å². The van der Waals surface area contributed by atoms with Gasteiger partial charge in [-0.25, -0.2) is 0 Å². The third kappa shape index (κ3) is 2.64. The summed E-state index contributed by atoms with van der Waals surface area (Å²) >= 11 is 0. The number of aromatic hydroxyl groups is 1. The molecule has 2 aliphatic rings. The molecule has 0 saturated heterocycles. The van der Waals surface area contributed by atoms with E-state index in [1.54, 1.807) is 23.3 Å². The van der Waals surface area contributed by atoms with Crippen molar-refractivity contribution in [2.24, 2.45) is 5.92 Å². The highest BCUT2D eigenvalue weighted by Gasteiger charge is 2.44. The zero-order valence-electron chi connectivity index (χ0n) is 12.1. The first kappa shape index (κ1) is 13.0. The predicted molar refractivity (Wildman–Crippen MR) is 83.4 cm³/mol. The summed E-state index contributed by atoms with van der Waals surface area (Å²) in [7, 11) is 3.93. The summed E-state index contributed by atoms with van der Waals surface area (Å²) in [5, 5.41) is 8.92. The van der Waals surface area contributed by atoms with E-state index in [0.29, 0.717) is 5.75 Å². The smallest absolute Gasteiger partial charge is 0.115 e. The van der Waals surface area contributed by atoms with Crippen LogP contribution in [0.3, 0.4) is 0 Å². The van der Waals surface area contributed by atoms with Crippen molar-refractivity contribution in [3.05, 3.63) is 59.7 Å². The van der Waals surface area contributed by atoms with Crippen molar-refractivity contribution in [3.63, 3.8) is 0 Å². The molecule has 2 aliphatic carbocycles. The van der Waals surface area contributed by atoms with Gasteiger partial charge in [0.25, 0.3) is 0 Å². The molecule has 0 aliphatic heterocycles. The topological polar surface area (TPSA) is 23.5 Å². The lowest BCUT2D eigenvalue weighted by Gasteiger charge is -2.11. The van der Waals surface area contributed by atoms with Crippen molar-refractivity contribution < 1.29 is 5.11 Å². The molecule has 1 N–H and O–H groups in total. The van der Waals surface area contributed by atoms with Gasteiger partial charge in [0, 0.05) is 19.8 Å². The minimum Gasteiger partial charge on any atom is -0.508 e. The molecule has 1 fully saturated rings. The van der Waals surface area contributed by atoms with Crippen molar-refractivity contribution in [2.75, 3.05) is 19.0 Å². The van der Waals surface area contributed by atoms with Crippen LogP contribution in [0.2, 0.25) is 0 Å². The van der Waals surface area contributed by atoms with E-state index in [2.05, 4.69) is 24.3 Å². The number of rotatable bonds is 1. The molecule has 1 saturated carbocycles. The molecular weight excluding hydrogens is 246 g/mol. The van der Waals surface area contributed by atoms with Crippen LogP contribution in [0, 0.1) is 5.92 Å². The first-order valence-electron chi connectivity index (χ1n) is 7.19. The number of fused-ring (bicyclic) bond motifs is 3. The number of benzene rings is 2. The second kappa shape index (κ2) is 5.20. The normalized spacial score (nSPS) is 21.3. The molecule has 2 heteroatoms. The lowest BCUT2D eigenvalue weighted by Crippen LogP contribution is -2.07. The standard InChI is InChI=1S/C10H10.C8H11NO/c1-2-4-9-7(3-1)5-8-6-10(8)9;1-9(2)7-3-5-8(10)6-4-7/h1-4,8,10H,5-6H2;3-6,10H,1-2H3. The molecule has 104 valence electrons. The van der Waals surface area contributed by atoms with Gasteiger partial charge in [0.1, 0.15) is 5.75 Å². The van der Waals surface area contributed by atoms with Crippen LogP contribution in [0.25, 0.3) is 0 Å². The summed E-state index contributed by atoms with van der Waals surface area (Å²) in [5.41, 5.74) is 4.36. The Kier molecular flexibility index (Phi) is 3.39. The van der Waals surface area contributed by atoms with Crippen molar-refractivity contribution in [1.29, 1.82) is 0 Å². The van der Waals surface area contributed by atoms with Crippen LogP contribution >= 0.6 is 0 Å². The molecule has 20 heavy (non-hydrogen) atoms. The van der Waals surface area contributed by atoms with E-state index in [1.165, 1.54) is 12.8 Å². The van der Waals surface area contributed by atoms with E-state index < -0.39 is 0 Å². The Morgan fingerprint density at radius 3 is 2.35 bits per heavy atom. The van der Waals surface area contributed by atoms with Crippen LogP contribution in [-0.4, -0.2) is 19.2 Å². The van der Waals surface area contributed by atoms with E-state index >= 15 is 0 Å². The Morgan fingerprint density at radius 2 is 1.70 bits per heavy atom. The predicted octanol–water partition coefficient (Wildman–Crippen LogP) is 3.80. The maximum absolute atomic E-state index is 8.92. The van der Waals surface area contributed by atoms with Crippen LogP contribution in [-0.2, 0) is 6.42 Å². The minimum absolute atomic E-state index is 0.311. The number of nitrogens with zero attached hydrogens (tertiary/aromatic N) is 1. The third-order valence-electron chi connectivity index (χ3n) is 4.23. The SMILES string of the molecule is CN(C)c1ccc(O)cc1.c1ccc2c(c1)CC1CC21. The van der Waals surface area contributed by atoms with Gasteiger partial charge in [-0.3, -0.25) is 0 Å². The first-order chi connectivity index (χ1) is 9.65. The van der Waals surface area contributed by atoms with Crippen molar-refractivity contribution in [2.45, 2.75) is 18.8 Å². The van der Waals surface area contributed by atoms with Crippen LogP contribution in [0.1, 0.15) is 23.5 Å². The zero-order chi connectivity index (χ0) is 14.1. The number of phenols is 1. The first-order valence-corrected chi connectivity index (χ1v) is 7.19. The van der Waals surface area contributed by atoms with E-state index in [1.807, 2.05) is 31.1 Å². The van der Waals surface area contributed by atoms with E-state index in [9.17, 15) is 0 Å². The van der Waals surface area contributed by atoms with E-state index in [4.69, 9.17) is 5.11 Å². The minimum atomic E-state index is 0.311. The average molecular weight is 267 g/mol. The molecule has 0 bridgehead atoms. The summed E-state index contributed by atoms with van der Waals surface area (Å²) in [6.07, 6.45) is 2.83. The Bertz CT molecular complexity index is 589. The second-order valence-corrected chi connectivity index (χ2v) is 5.92. The monoisotopic (exact) mass is 267 g/mol. The highest BCUT2D eigenvalue weighted by molar-refractivity contribution is 5.47. The van der Waals surface area contributed by atoms with Gasteiger partial charge in [-0.05, 0) is 60.1 Å². The van der Waals surface area contributed by atoms with Crippen LogP contribution in [0.15, 0.2) is 48.5 Å². The molecule has 4 rings (SSSR count). The molecule has 0 amide bonds. The largest absolute Gasteiger partial charge is 0.508 e. The Hall–Kier alpha value is -1.96. The molecule has 2 atom stereocenters. The summed E-state index contributed by atoms with van der Waals surface area (Å²) in [4.78, 5) is 1.99. The van der Waals surface area contributed by atoms with Gasteiger partial charge in [0.05, 0.1) is 0 Å². The summed E-state index contributed by atoms with van der Waals surface area (Å²) < 4.78 is 0. The van der Waals surface area contributed by atoms with Crippen molar-refractivity contribution in [3.8, 4) is 5.75 Å². The molecular formula is C18H21NO. The van der Waals surface area contributed by atoms with Crippen LogP contribution < -0.4 is 4.90 Å². The van der Waals surface area contributed by atoms with Gasteiger partial charge in [-0.2, -0.15) is 0 Å². The fourth-order valence-electron chi connectivity index (χ4n) is 2.97. The summed E-state index contributed by atoms with van der Waals surface area (Å²) in [5.74, 6) is 2.32. The lowest BCUT2D eigenvalue weighted by atomic mass is 10.1. The second-order valence-electron chi connectivity index (χ2n) is 5.92. The van der Waals surface area contributed by atoms with Crippen LogP contribution in [0.5, 0.6) is 5.75 Å². The third-order valence-corrected chi connectivity index (χ3v) is 4.23. The lowest BCUT2D eigenvalue weighted by molar-refractivity contribution is 0.475. The molecule has 0 radical (unpaired) electrons. The molecule has 0 aromatic heterocycles. The van der Waals surface area contributed by atoms with Crippen molar-refractivity contribution in [1.82, 2.24) is 0 Å². The average Bonchev–Trinajstić information content (AvgIpc) is 3.12. The fourth-order valence-corrected chi connectivity index (χ4v) is 2.97. The summed E-state index contributed by atoms with van der Waals surface area (Å²) in [6.45, 7) is 0. The Labute approximate surface area is 120 Å². The number of phenolic OH excluding ortho intramolecular Hbond substituents is 1. The zero-order valence-corrected chi connectivity index (χ0v) is 12.1. The summed E-state index contributed by atoms with van der Waals surface area (Å²) in [6, 6.07) is 16.0. The Morgan fingerprint density at radius 1 is 1.00 bits per heavy atom. The molecule has 0 spiro atoms. The van der Waals surface area contributed by atoms with E-state index in [0.717, 1.165) is 17.5 Å². The maximum atomic E-state index is 8.92. The number of hydrogen-bond acceptors (Lipinski definition) is 2. The fraction of sp³-hybridized carbons (Fsp3) is 0.333. The molecule has 2 nitrogen and oxygen atoms in total. The van der Waals surface area contributed by atoms with E-state index in [-0.39, 0.29) is 0 Å². The molecule has 2 aromatic carbocycles. The highest BCUT2D eigenvalue weighted by atomic mass is 16.3. The van der Waals surface area contributed by atoms with Gasteiger partial charge in [-0.15, -0.1) is 0 Å². The van der Waals surface area contributed by atoms with Gasteiger partial charge < -0.3 is 10.0 Å². The van der Waals surface area contributed by atoms with Gasteiger partial charge >= 0.3 is 0 Å². The number of hydrogen-bond donors (Lipinski definition) is 1. The quantitative estimate of drug-likeness (QED) is 0.849. The van der Waals surface area contributed by atoms with Crippen LogP contribution in [0.4, 0.5) is 5.69 Å². The van der Waals surface area contributed by atoms with Crippen molar-refractivity contribution >= 4 is 5.69 Å². The van der Waals surface area contributed by atoms with Gasteiger partial charge in [0.15, 0.2) is 0 Å². The number of anilines is 1. The Balaban J connectivity index is 0.000000121.